The first-order valence-electron chi connectivity index (χ1n) is 7.24. The Hall–Kier alpha value is -2.92. The Balaban J connectivity index is 2.10. The molecule has 0 aliphatic carbocycles. The molecule has 0 saturated heterocycles. The van der Waals surface area contributed by atoms with E-state index in [0.717, 1.165) is 0 Å². The van der Waals surface area contributed by atoms with E-state index in [0.29, 0.717) is 17.0 Å². The number of rotatable bonds is 5. The van der Waals surface area contributed by atoms with Crippen LogP contribution < -0.4 is 10.1 Å². The van der Waals surface area contributed by atoms with E-state index in [4.69, 9.17) is 4.74 Å². The molecule has 0 aliphatic heterocycles. The predicted molar refractivity (Wildman–Crippen MR) is 93.6 cm³/mol. The van der Waals surface area contributed by atoms with Crippen molar-refractivity contribution in [1.82, 2.24) is 0 Å². The molecule has 0 atom stereocenters. The Labute approximate surface area is 152 Å². The van der Waals surface area contributed by atoms with Crippen molar-refractivity contribution in [3.8, 4) is 11.8 Å². The fourth-order valence-corrected chi connectivity index (χ4v) is 2.49. The van der Waals surface area contributed by atoms with E-state index in [1.165, 1.54) is 37.5 Å². The summed E-state index contributed by atoms with van der Waals surface area (Å²) in [5, 5.41) is 11.7. The number of benzene rings is 2. The highest BCUT2D eigenvalue weighted by Crippen LogP contribution is 2.36. The van der Waals surface area contributed by atoms with Crippen LogP contribution in [0.5, 0.6) is 5.75 Å². The lowest BCUT2D eigenvalue weighted by Gasteiger charge is -2.06. The third kappa shape index (κ3) is 5.86. The van der Waals surface area contributed by atoms with Crippen LogP contribution in [0.2, 0.25) is 0 Å². The zero-order chi connectivity index (χ0) is 19.2. The number of hydrogen-bond donors (Lipinski definition) is 1. The zero-order valence-electron chi connectivity index (χ0n) is 13.5. The number of anilines is 1. The van der Waals surface area contributed by atoms with Gasteiger partial charge in [0.05, 0.1) is 7.11 Å². The standard InChI is InChI=1S/C18H13F3N2O2S/c1-25-15-6-4-14(5-7-15)23-17(24)13(11-22)10-12-2-8-16(9-3-12)26-18(19,20)21/h2-10H,1H3,(H,23,24)/b13-10+. The van der Waals surface area contributed by atoms with Gasteiger partial charge in [0.15, 0.2) is 0 Å². The number of carbonyl (C=O) groups excluding carboxylic acids is 1. The van der Waals surface area contributed by atoms with Gasteiger partial charge in [-0.05, 0) is 59.8 Å². The van der Waals surface area contributed by atoms with Gasteiger partial charge in [0.2, 0.25) is 0 Å². The fraction of sp³-hybridized carbons (Fsp3) is 0.111. The molecule has 0 aromatic heterocycles. The molecule has 8 heteroatoms. The van der Waals surface area contributed by atoms with Gasteiger partial charge in [-0.15, -0.1) is 0 Å². The van der Waals surface area contributed by atoms with Gasteiger partial charge in [-0.3, -0.25) is 4.79 Å². The number of thioether (sulfide) groups is 1. The maximum Gasteiger partial charge on any atom is 0.446 e. The van der Waals surface area contributed by atoms with Crippen LogP contribution >= 0.6 is 11.8 Å². The van der Waals surface area contributed by atoms with Gasteiger partial charge in [-0.25, -0.2) is 0 Å². The summed E-state index contributed by atoms with van der Waals surface area (Å²) in [6, 6.07) is 13.7. The predicted octanol–water partition coefficient (Wildman–Crippen LogP) is 4.85. The minimum atomic E-state index is -4.37. The normalized spacial score (nSPS) is 11.6. The van der Waals surface area contributed by atoms with Crippen LogP contribution in [0.15, 0.2) is 59.0 Å². The van der Waals surface area contributed by atoms with Gasteiger partial charge >= 0.3 is 5.51 Å². The lowest BCUT2D eigenvalue weighted by Crippen LogP contribution is -2.13. The quantitative estimate of drug-likeness (QED) is 0.459. The average Bonchev–Trinajstić information content (AvgIpc) is 2.60. The molecule has 0 unspecified atom stereocenters. The highest BCUT2D eigenvalue weighted by molar-refractivity contribution is 8.00. The number of carbonyl (C=O) groups is 1. The van der Waals surface area contributed by atoms with Crippen LogP contribution in [0, 0.1) is 11.3 Å². The summed E-state index contributed by atoms with van der Waals surface area (Å²) in [7, 11) is 1.52. The third-order valence-corrected chi connectivity index (χ3v) is 3.88. The first-order chi connectivity index (χ1) is 12.3. The number of hydrogen-bond acceptors (Lipinski definition) is 4. The van der Waals surface area contributed by atoms with Gasteiger partial charge in [0, 0.05) is 10.6 Å². The molecule has 0 saturated carbocycles. The fourth-order valence-electron chi connectivity index (χ4n) is 1.95. The highest BCUT2D eigenvalue weighted by atomic mass is 32.2. The van der Waals surface area contributed by atoms with E-state index in [1.54, 1.807) is 30.3 Å². The first-order valence-corrected chi connectivity index (χ1v) is 8.05. The Morgan fingerprint density at radius 3 is 2.27 bits per heavy atom. The molecule has 0 spiro atoms. The summed E-state index contributed by atoms with van der Waals surface area (Å²) in [4.78, 5) is 12.2. The van der Waals surface area contributed by atoms with Crippen molar-refractivity contribution < 1.29 is 22.7 Å². The SMILES string of the molecule is COc1ccc(NC(=O)/C(C#N)=C/c2ccc(SC(F)(F)F)cc2)cc1. The van der Waals surface area contributed by atoms with Crippen molar-refractivity contribution in [3.05, 3.63) is 59.7 Å². The second-order valence-electron chi connectivity index (χ2n) is 4.97. The molecule has 2 aromatic carbocycles. The summed E-state index contributed by atoms with van der Waals surface area (Å²) in [5.74, 6) is 0.00211. The van der Waals surface area contributed by atoms with Crippen molar-refractivity contribution in [3.63, 3.8) is 0 Å². The molecule has 4 nitrogen and oxygen atoms in total. The molecule has 0 bridgehead atoms. The third-order valence-electron chi connectivity index (χ3n) is 3.14. The zero-order valence-corrected chi connectivity index (χ0v) is 14.3. The van der Waals surface area contributed by atoms with Crippen LogP contribution in [0.25, 0.3) is 6.08 Å². The molecule has 0 radical (unpaired) electrons. The van der Waals surface area contributed by atoms with Gasteiger partial charge in [-0.1, -0.05) is 12.1 Å². The van der Waals surface area contributed by atoms with Crippen LogP contribution in [-0.4, -0.2) is 18.5 Å². The second kappa shape index (κ2) is 8.45. The van der Waals surface area contributed by atoms with Crippen LogP contribution in [0.3, 0.4) is 0 Å². The van der Waals surface area contributed by atoms with E-state index >= 15 is 0 Å². The topological polar surface area (TPSA) is 62.1 Å². The van der Waals surface area contributed by atoms with E-state index < -0.39 is 11.4 Å². The minimum Gasteiger partial charge on any atom is -0.497 e. The Morgan fingerprint density at radius 1 is 1.15 bits per heavy atom. The number of nitriles is 1. The molecule has 134 valence electrons. The number of nitrogens with zero attached hydrogens (tertiary/aromatic N) is 1. The van der Waals surface area contributed by atoms with Gasteiger partial charge in [0.25, 0.3) is 5.91 Å². The highest BCUT2D eigenvalue weighted by Gasteiger charge is 2.28. The summed E-state index contributed by atoms with van der Waals surface area (Å²) in [5.41, 5.74) is -3.61. The maximum atomic E-state index is 12.3. The molecule has 1 amide bonds. The van der Waals surface area contributed by atoms with Crippen molar-refractivity contribution in [2.24, 2.45) is 0 Å². The van der Waals surface area contributed by atoms with Crippen LogP contribution in [0.4, 0.5) is 18.9 Å². The Kier molecular flexibility index (Phi) is 6.31. The number of nitrogens with one attached hydrogen (secondary N) is 1. The molecule has 26 heavy (non-hydrogen) atoms. The van der Waals surface area contributed by atoms with E-state index in [2.05, 4.69) is 5.32 Å². The van der Waals surface area contributed by atoms with Gasteiger partial charge in [0.1, 0.15) is 17.4 Å². The summed E-state index contributed by atoms with van der Waals surface area (Å²) < 4.78 is 42.0. The monoisotopic (exact) mass is 378 g/mol. The van der Waals surface area contributed by atoms with Crippen molar-refractivity contribution in [1.29, 1.82) is 5.26 Å². The molecule has 0 aliphatic rings. The minimum absolute atomic E-state index is 0.0239. The largest absolute Gasteiger partial charge is 0.497 e. The number of ether oxygens (including phenoxy) is 1. The smallest absolute Gasteiger partial charge is 0.446 e. The number of amides is 1. The maximum absolute atomic E-state index is 12.3. The van der Waals surface area contributed by atoms with E-state index in [1.807, 2.05) is 0 Å². The van der Waals surface area contributed by atoms with Gasteiger partial charge in [-0.2, -0.15) is 18.4 Å². The van der Waals surface area contributed by atoms with Crippen LogP contribution in [-0.2, 0) is 4.79 Å². The first kappa shape index (κ1) is 19.4. The molecule has 2 aromatic rings. The molecule has 0 fully saturated rings. The van der Waals surface area contributed by atoms with Crippen molar-refractivity contribution in [2.45, 2.75) is 10.4 Å². The van der Waals surface area contributed by atoms with Gasteiger partial charge < -0.3 is 10.1 Å². The Bertz CT molecular complexity index is 839. The summed E-state index contributed by atoms with van der Waals surface area (Å²) in [6.07, 6.45) is 1.31. The molecular formula is C18H13F3N2O2S. The number of methoxy groups -OCH3 is 1. The molecule has 2 rings (SSSR count). The Morgan fingerprint density at radius 2 is 1.77 bits per heavy atom. The number of halogens is 3. The molecule has 1 N–H and O–H groups in total. The van der Waals surface area contributed by atoms with Crippen molar-refractivity contribution in [2.75, 3.05) is 12.4 Å². The number of alkyl halides is 3. The average molecular weight is 378 g/mol. The second-order valence-corrected chi connectivity index (χ2v) is 6.11. The summed E-state index contributed by atoms with van der Waals surface area (Å²) >= 11 is -0.230. The van der Waals surface area contributed by atoms with Crippen molar-refractivity contribution >= 4 is 29.4 Å². The lowest BCUT2D eigenvalue weighted by atomic mass is 10.1. The lowest BCUT2D eigenvalue weighted by molar-refractivity contribution is -0.112. The van der Waals surface area contributed by atoms with E-state index in [-0.39, 0.29) is 22.2 Å². The van der Waals surface area contributed by atoms with E-state index in [9.17, 15) is 23.2 Å². The summed E-state index contributed by atoms with van der Waals surface area (Å²) in [6.45, 7) is 0. The van der Waals surface area contributed by atoms with Crippen LogP contribution in [0.1, 0.15) is 5.56 Å². The molecule has 0 heterocycles. The molecular weight excluding hydrogens is 365 g/mol.